The first-order valence-corrected chi connectivity index (χ1v) is 5.18. The van der Waals surface area contributed by atoms with Crippen molar-refractivity contribution in [2.75, 3.05) is 0 Å². The van der Waals surface area contributed by atoms with Crippen LogP contribution in [0.5, 0.6) is 0 Å². The zero-order chi connectivity index (χ0) is 12.4. The summed E-state index contributed by atoms with van der Waals surface area (Å²) in [5.41, 5.74) is 6.04. The Morgan fingerprint density at radius 1 is 1.29 bits per heavy atom. The van der Waals surface area contributed by atoms with Crippen LogP contribution in [0.4, 0.5) is 4.39 Å². The van der Waals surface area contributed by atoms with Crippen molar-refractivity contribution in [3.8, 4) is 11.3 Å². The third-order valence-electron chi connectivity index (χ3n) is 2.24. The third kappa shape index (κ3) is 2.42. The number of rotatable bonds is 2. The number of hydrogen-bond acceptors (Lipinski definition) is 2. The third-order valence-corrected chi connectivity index (χ3v) is 2.45. The summed E-state index contributed by atoms with van der Waals surface area (Å²) in [4.78, 5) is 15.1. The first-order chi connectivity index (χ1) is 8.08. The molecule has 0 atom stereocenters. The van der Waals surface area contributed by atoms with E-state index < -0.39 is 11.7 Å². The summed E-state index contributed by atoms with van der Waals surface area (Å²) in [6.07, 6.45) is 0. The number of nitrogens with zero attached hydrogens (tertiary/aromatic N) is 1. The van der Waals surface area contributed by atoms with Crippen LogP contribution < -0.4 is 5.73 Å². The minimum Gasteiger partial charge on any atom is -0.366 e. The van der Waals surface area contributed by atoms with E-state index in [1.54, 1.807) is 18.2 Å². The summed E-state index contributed by atoms with van der Waals surface area (Å²) in [7, 11) is 0. The summed E-state index contributed by atoms with van der Waals surface area (Å²) < 4.78 is 13.3. The predicted molar refractivity (Wildman–Crippen MR) is 63.2 cm³/mol. The molecule has 1 amide bonds. The molecule has 17 heavy (non-hydrogen) atoms. The van der Waals surface area contributed by atoms with Crippen LogP contribution in [-0.4, -0.2) is 10.9 Å². The molecule has 0 aliphatic heterocycles. The Balaban J connectivity index is 2.54. The number of amides is 1. The molecule has 2 rings (SSSR count). The SMILES string of the molecule is NC(=O)c1cc(-c2cccc(Cl)n2)ccc1F. The molecule has 0 fully saturated rings. The van der Waals surface area contributed by atoms with E-state index in [9.17, 15) is 9.18 Å². The van der Waals surface area contributed by atoms with Gasteiger partial charge in [0.1, 0.15) is 11.0 Å². The van der Waals surface area contributed by atoms with Gasteiger partial charge in [-0.3, -0.25) is 4.79 Å². The van der Waals surface area contributed by atoms with E-state index >= 15 is 0 Å². The van der Waals surface area contributed by atoms with Gasteiger partial charge >= 0.3 is 0 Å². The number of pyridine rings is 1. The molecule has 2 N–H and O–H groups in total. The molecule has 0 unspecified atom stereocenters. The summed E-state index contributed by atoms with van der Waals surface area (Å²) in [5, 5.41) is 0.326. The van der Waals surface area contributed by atoms with Crippen LogP contribution in [-0.2, 0) is 0 Å². The van der Waals surface area contributed by atoms with Crippen LogP contribution in [0.15, 0.2) is 36.4 Å². The highest BCUT2D eigenvalue weighted by molar-refractivity contribution is 6.29. The molecular formula is C12H8ClFN2O. The van der Waals surface area contributed by atoms with E-state index in [1.807, 2.05) is 0 Å². The van der Waals surface area contributed by atoms with Crippen LogP contribution in [0, 0.1) is 5.82 Å². The summed E-state index contributed by atoms with van der Waals surface area (Å²) in [6.45, 7) is 0. The second kappa shape index (κ2) is 4.51. The van der Waals surface area contributed by atoms with Gasteiger partial charge in [0.15, 0.2) is 0 Å². The number of hydrogen-bond donors (Lipinski definition) is 1. The number of carbonyl (C=O) groups excluding carboxylic acids is 1. The van der Waals surface area contributed by atoms with E-state index in [2.05, 4.69) is 4.98 Å². The highest BCUT2D eigenvalue weighted by atomic mass is 35.5. The lowest BCUT2D eigenvalue weighted by molar-refractivity contribution is 0.0996. The smallest absolute Gasteiger partial charge is 0.251 e. The molecule has 0 spiro atoms. The fourth-order valence-electron chi connectivity index (χ4n) is 1.44. The van der Waals surface area contributed by atoms with E-state index in [1.165, 1.54) is 18.2 Å². The van der Waals surface area contributed by atoms with Crippen molar-refractivity contribution in [3.05, 3.63) is 52.9 Å². The lowest BCUT2D eigenvalue weighted by Crippen LogP contribution is -2.13. The Kier molecular flexibility index (Phi) is 3.06. The Bertz CT molecular complexity index is 586. The topological polar surface area (TPSA) is 56.0 Å². The molecule has 86 valence electrons. The summed E-state index contributed by atoms with van der Waals surface area (Å²) in [6, 6.07) is 9.11. The van der Waals surface area contributed by atoms with Gasteiger partial charge < -0.3 is 5.73 Å². The number of halogens is 2. The second-order valence-corrected chi connectivity index (χ2v) is 3.79. The Hall–Kier alpha value is -1.94. The van der Waals surface area contributed by atoms with Crippen molar-refractivity contribution < 1.29 is 9.18 Å². The molecule has 3 nitrogen and oxygen atoms in total. The average molecular weight is 251 g/mol. The van der Waals surface area contributed by atoms with Gasteiger partial charge in [0.25, 0.3) is 5.91 Å². The monoisotopic (exact) mass is 250 g/mol. The van der Waals surface area contributed by atoms with Crippen LogP contribution >= 0.6 is 11.6 Å². The van der Waals surface area contributed by atoms with Crippen LogP contribution in [0.2, 0.25) is 5.15 Å². The van der Waals surface area contributed by atoms with Gasteiger partial charge in [0.2, 0.25) is 0 Å². The normalized spacial score (nSPS) is 10.2. The largest absolute Gasteiger partial charge is 0.366 e. The molecule has 0 aliphatic carbocycles. The first-order valence-electron chi connectivity index (χ1n) is 4.80. The number of benzene rings is 1. The van der Waals surface area contributed by atoms with Crippen LogP contribution in [0.3, 0.4) is 0 Å². The zero-order valence-electron chi connectivity index (χ0n) is 8.65. The lowest BCUT2D eigenvalue weighted by Gasteiger charge is -2.04. The zero-order valence-corrected chi connectivity index (χ0v) is 9.41. The average Bonchev–Trinajstić information content (AvgIpc) is 2.29. The minimum absolute atomic E-state index is 0.163. The van der Waals surface area contributed by atoms with Gasteiger partial charge in [-0.25, -0.2) is 9.37 Å². The fourth-order valence-corrected chi connectivity index (χ4v) is 1.61. The summed E-state index contributed by atoms with van der Waals surface area (Å²) in [5.74, 6) is -1.46. The Morgan fingerprint density at radius 2 is 2.06 bits per heavy atom. The number of carbonyl (C=O) groups is 1. The lowest BCUT2D eigenvalue weighted by atomic mass is 10.1. The highest BCUT2D eigenvalue weighted by Crippen LogP contribution is 2.21. The number of nitrogens with two attached hydrogens (primary N) is 1. The van der Waals surface area contributed by atoms with Crippen molar-refractivity contribution >= 4 is 17.5 Å². The minimum atomic E-state index is -0.814. The molecular weight excluding hydrogens is 243 g/mol. The van der Waals surface area contributed by atoms with Gasteiger partial charge in [0.05, 0.1) is 11.3 Å². The van der Waals surface area contributed by atoms with Crippen molar-refractivity contribution in [1.82, 2.24) is 4.98 Å². The van der Waals surface area contributed by atoms with Crippen molar-refractivity contribution in [1.29, 1.82) is 0 Å². The summed E-state index contributed by atoms with van der Waals surface area (Å²) >= 11 is 5.75. The molecule has 0 saturated heterocycles. The van der Waals surface area contributed by atoms with Crippen molar-refractivity contribution in [2.45, 2.75) is 0 Å². The molecule has 5 heteroatoms. The molecule has 2 aromatic rings. The van der Waals surface area contributed by atoms with Crippen molar-refractivity contribution in [3.63, 3.8) is 0 Å². The maximum atomic E-state index is 13.3. The van der Waals surface area contributed by atoms with E-state index in [0.29, 0.717) is 16.4 Å². The van der Waals surface area contributed by atoms with Gasteiger partial charge in [-0.05, 0) is 30.3 Å². The van der Waals surface area contributed by atoms with E-state index in [-0.39, 0.29) is 5.56 Å². The van der Waals surface area contributed by atoms with Gasteiger partial charge in [-0.15, -0.1) is 0 Å². The standard InChI is InChI=1S/C12H8ClFN2O/c13-11-3-1-2-10(16-11)7-4-5-9(14)8(6-7)12(15)17/h1-6H,(H2,15,17). The highest BCUT2D eigenvalue weighted by Gasteiger charge is 2.10. The van der Waals surface area contributed by atoms with Crippen LogP contribution in [0.1, 0.15) is 10.4 Å². The predicted octanol–water partition coefficient (Wildman–Crippen LogP) is 2.64. The molecule has 1 heterocycles. The van der Waals surface area contributed by atoms with E-state index in [4.69, 9.17) is 17.3 Å². The Morgan fingerprint density at radius 3 is 2.71 bits per heavy atom. The molecule has 1 aromatic heterocycles. The molecule has 1 aromatic carbocycles. The quantitative estimate of drug-likeness (QED) is 0.833. The molecule has 0 aliphatic rings. The Labute approximate surface area is 102 Å². The van der Waals surface area contributed by atoms with Gasteiger partial charge in [-0.1, -0.05) is 17.7 Å². The van der Waals surface area contributed by atoms with Gasteiger partial charge in [-0.2, -0.15) is 0 Å². The maximum Gasteiger partial charge on any atom is 0.251 e. The van der Waals surface area contributed by atoms with Crippen molar-refractivity contribution in [2.24, 2.45) is 5.73 Å². The fraction of sp³-hybridized carbons (Fsp3) is 0. The maximum absolute atomic E-state index is 13.3. The molecule has 0 saturated carbocycles. The second-order valence-electron chi connectivity index (χ2n) is 3.40. The van der Waals surface area contributed by atoms with Gasteiger partial charge in [0, 0.05) is 5.56 Å². The van der Waals surface area contributed by atoms with E-state index in [0.717, 1.165) is 0 Å². The number of aromatic nitrogens is 1. The van der Waals surface area contributed by atoms with Crippen LogP contribution in [0.25, 0.3) is 11.3 Å². The number of primary amides is 1. The molecule has 0 radical (unpaired) electrons. The first kappa shape index (κ1) is 11.5. The molecule has 0 bridgehead atoms.